The van der Waals surface area contributed by atoms with Crippen molar-refractivity contribution < 1.29 is 18.4 Å². The first-order valence-corrected chi connectivity index (χ1v) is 6.83. The molecule has 2 rings (SSSR count). The molecule has 2 aromatic rings. The van der Waals surface area contributed by atoms with E-state index in [-0.39, 0.29) is 22.8 Å². The van der Waals surface area contributed by atoms with Gasteiger partial charge in [0, 0.05) is 11.8 Å². The average Bonchev–Trinajstić information content (AvgIpc) is 2.50. The maximum atomic E-state index is 13.4. The van der Waals surface area contributed by atoms with Crippen LogP contribution in [0.4, 0.5) is 20.2 Å². The summed E-state index contributed by atoms with van der Waals surface area (Å²) >= 11 is 5.81. The first-order valence-electron chi connectivity index (χ1n) is 6.45. The second-order valence-electron chi connectivity index (χ2n) is 4.58. The summed E-state index contributed by atoms with van der Waals surface area (Å²) < 4.78 is 26.4. The van der Waals surface area contributed by atoms with Crippen LogP contribution in [0.5, 0.6) is 0 Å². The highest BCUT2D eigenvalue weighted by atomic mass is 35.5. The number of hydrogen-bond acceptors (Lipinski definition) is 3. The van der Waals surface area contributed by atoms with Gasteiger partial charge >= 0.3 is 0 Å². The van der Waals surface area contributed by atoms with Crippen LogP contribution in [-0.4, -0.2) is 18.4 Å². The normalized spacial score (nSPS) is 10.2. The lowest BCUT2D eigenvalue weighted by molar-refractivity contribution is -0.114. The van der Waals surface area contributed by atoms with E-state index in [2.05, 4.69) is 10.6 Å². The van der Waals surface area contributed by atoms with Crippen molar-refractivity contribution in [1.29, 1.82) is 0 Å². The number of carbonyl (C=O) groups is 2. The molecule has 2 aromatic carbocycles. The molecule has 0 aliphatic carbocycles. The van der Waals surface area contributed by atoms with Crippen molar-refractivity contribution in [2.75, 3.05) is 17.2 Å². The maximum absolute atomic E-state index is 13.4. The predicted octanol–water partition coefficient (Wildman–Crippen LogP) is 2.77. The molecule has 4 N–H and O–H groups in total. The van der Waals surface area contributed by atoms with Crippen LogP contribution in [0.3, 0.4) is 0 Å². The molecule has 0 aromatic heterocycles. The number of halogens is 3. The summed E-state index contributed by atoms with van der Waals surface area (Å²) in [5, 5.41) is 5.15. The van der Waals surface area contributed by atoms with Gasteiger partial charge in [-0.05, 0) is 30.3 Å². The molecule has 0 radical (unpaired) electrons. The van der Waals surface area contributed by atoms with E-state index in [9.17, 15) is 18.4 Å². The monoisotopic (exact) mass is 339 g/mol. The summed E-state index contributed by atoms with van der Waals surface area (Å²) in [6, 6.07) is 7.12. The van der Waals surface area contributed by atoms with E-state index >= 15 is 0 Å². The Morgan fingerprint density at radius 2 is 1.87 bits per heavy atom. The van der Waals surface area contributed by atoms with Crippen molar-refractivity contribution in [2.24, 2.45) is 5.73 Å². The Balaban J connectivity index is 2.01. The Kier molecular flexibility index (Phi) is 5.13. The molecule has 120 valence electrons. The number of nitrogens with one attached hydrogen (secondary N) is 2. The number of rotatable bonds is 5. The standard InChI is InChI=1S/C15H12ClF2N3O2/c16-11-3-2-9(6-10(11)15(19)23)20-7-14(22)21-13-5-8(17)1-4-12(13)18/h1-6,20H,7H2,(H2,19,23)(H,21,22). The zero-order chi connectivity index (χ0) is 17.0. The molecule has 2 amide bonds. The maximum Gasteiger partial charge on any atom is 0.250 e. The number of carbonyl (C=O) groups excluding carboxylic acids is 2. The zero-order valence-corrected chi connectivity index (χ0v) is 12.5. The van der Waals surface area contributed by atoms with Crippen LogP contribution in [0.2, 0.25) is 5.02 Å². The second-order valence-corrected chi connectivity index (χ2v) is 4.99. The third kappa shape index (κ3) is 4.40. The van der Waals surface area contributed by atoms with Gasteiger partial charge in [0.1, 0.15) is 11.6 Å². The Labute approximate surface area is 135 Å². The third-order valence-corrected chi connectivity index (χ3v) is 3.22. The second kappa shape index (κ2) is 7.06. The average molecular weight is 340 g/mol. The zero-order valence-electron chi connectivity index (χ0n) is 11.7. The number of nitrogens with two attached hydrogens (primary N) is 1. The van der Waals surface area contributed by atoms with Gasteiger partial charge in [0.2, 0.25) is 11.8 Å². The molecule has 0 fully saturated rings. The lowest BCUT2D eigenvalue weighted by Gasteiger charge is -2.10. The first-order chi connectivity index (χ1) is 10.9. The molecule has 0 aliphatic heterocycles. The molecule has 0 bridgehead atoms. The predicted molar refractivity (Wildman–Crippen MR) is 83.4 cm³/mol. The van der Waals surface area contributed by atoms with E-state index < -0.39 is 23.4 Å². The molecular weight excluding hydrogens is 328 g/mol. The van der Waals surface area contributed by atoms with Crippen LogP contribution < -0.4 is 16.4 Å². The number of hydrogen-bond donors (Lipinski definition) is 3. The summed E-state index contributed by atoms with van der Waals surface area (Å²) in [7, 11) is 0. The number of benzene rings is 2. The van der Waals surface area contributed by atoms with Crippen LogP contribution in [-0.2, 0) is 4.79 Å². The molecular formula is C15H12ClF2N3O2. The lowest BCUT2D eigenvalue weighted by atomic mass is 10.2. The molecule has 23 heavy (non-hydrogen) atoms. The highest BCUT2D eigenvalue weighted by Gasteiger charge is 2.10. The van der Waals surface area contributed by atoms with Gasteiger partial charge in [-0.25, -0.2) is 8.78 Å². The topological polar surface area (TPSA) is 84.2 Å². The molecule has 5 nitrogen and oxygen atoms in total. The minimum Gasteiger partial charge on any atom is -0.376 e. The summed E-state index contributed by atoms with van der Waals surface area (Å²) in [5.74, 6) is -2.71. The Morgan fingerprint density at radius 1 is 1.13 bits per heavy atom. The van der Waals surface area contributed by atoms with Gasteiger partial charge < -0.3 is 16.4 Å². The van der Waals surface area contributed by atoms with Gasteiger partial charge in [0.05, 0.1) is 22.8 Å². The molecule has 8 heteroatoms. The van der Waals surface area contributed by atoms with Crippen molar-refractivity contribution in [3.63, 3.8) is 0 Å². The molecule has 0 unspecified atom stereocenters. The third-order valence-electron chi connectivity index (χ3n) is 2.89. The molecule has 0 saturated carbocycles. The number of amides is 2. The van der Waals surface area contributed by atoms with Crippen molar-refractivity contribution in [1.82, 2.24) is 0 Å². The summed E-state index contributed by atoms with van der Waals surface area (Å²) in [6.45, 7) is -0.226. The van der Waals surface area contributed by atoms with Gasteiger partial charge in [-0.2, -0.15) is 0 Å². The van der Waals surface area contributed by atoms with Crippen molar-refractivity contribution in [3.8, 4) is 0 Å². The SMILES string of the molecule is NC(=O)c1cc(NCC(=O)Nc2cc(F)ccc2F)ccc1Cl. The van der Waals surface area contributed by atoms with E-state index in [0.717, 1.165) is 18.2 Å². The van der Waals surface area contributed by atoms with E-state index in [4.69, 9.17) is 17.3 Å². The number of primary amides is 1. The fourth-order valence-electron chi connectivity index (χ4n) is 1.79. The quantitative estimate of drug-likeness (QED) is 0.783. The van der Waals surface area contributed by atoms with Gasteiger partial charge in [-0.1, -0.05) is 11.6 Å². The van der Waals surface area contributed by atoms with Crippen LogP contribution >= 0.6 is 11.6 Å². The van der Waals surface area contributed by atoms with Crippen LogP contribution in [0, 0.1) is 11.6 Å². The summed E-state index contributed by atoms with van der Waals surface area (Å²) in [6.07, 6.45) is 0. The Morgan fingerprint density at radius 3 is 2.57 bits per heavy atom. The fraction of sp³-hybridized carbons (Fsp3) is 0.0667. The van der Waals surface area contributed by atoms with E-state index in [1.165, 1.54) is 12.1 Å². The smallest absolute Gasteiger partial charge is 0.250 e. The van der Waals surface area contributed by atoms with Crippen molar-refractivity contribution >= 4 is 34.8 Å². The van der Waals surface area contributed by atoms with Crippen LogP contribution in [0.15, 0.2) is 36.4 Å². The lowest BCUT2D eigenvalue weighted by Crippen LogP contribution is -2.22. The van der Waals surface area contributed by atoms with Crippen LogP contribution in [0.1, 0.15) is 10.4 Å². The minimum absolute atomic E-state index is 0.105. The largest absolute Gasteiger partial charge is 0.376 e. The van der Waals surface area contributed by atoms with Crippen LogP contribution in [0.25, 0.3) is 0 Å². The Bertz CT molecular complexity index is 768. The van der Waals surface area contributed by atoms with E-state index in [1.54, 1.807) is 6.07 Å². The minimum atomic E-state index is -0.748. The molecule has 0 heterocycles. The van der Waals surface area contributed by atoms with Gasteiger partial charge in [-0.3, -0.25) is 9.59 Å². The molecule has 0 spiro atoms. The molecule has 0 atom stereocenters. The van der Waals surface area contributed by atoms with Gasteiger partial charge in [0.15, 0.2) is 0 Å². The summed E-state index contributed by atoms with van der Waals surface area (Å²) in [5.41, 5.74) is 5.44. The Hall–Kier alpha value is -2.67. The highest BCUT2D eigenvalue weighted by molar-refractivity contribution is 6.33. The van der Waals surface area contributed by atoms with E-state index in [1.807, 2.05) is 0 Å². The van der Waals surface area contributed by atoms with E-state index in [0.29, 0.717) is 5.69 Å². The first kappa shape index (κ1) is 16.7. The van der Waals surface area contributed by atoms with Crippen molar-refractivity contribution in [3.05, 3.63) is 58.6 Å². The number of anilines is 2. The highest BCUT2D eigenvalue weighted by Crippen LogP contribution is 2.20. The van der Waals surface area contributed by atoms with Crippen molar-refractivity contribution in [2.45, 2.75) is 0 Å². The van der Waals surface area contributed by atoms with Gasteiger partial charge in [0.25, 0.3) is 0 Å². The summed E-state index contributed by atoms with van der Waals surface area (Å²) in [4.78, 5) is 22.9. The van der Waals surface area contributed by atoms with Gasteiger partial charge in [-0.15, -0.1) is 0 Å². The molecule has 0 aliphatic rings. The fourth-order valence-corrected chi connectivity index (χ4v) is 2.00. The molecule has 0 saturated heterocycles.